The molecular weight excluding hydrogens is 176 g/mol. The standard InChI is InChI=1S/C5H4ClF2N3/c6-4-2(7)1-3(8)5(10-4)11-9/h1H,9H2,(H,10,11). The van der Waals surface area contributed by atoms with E-state index in [4.69, 9.17) is 17.4 Å². The third kappa shape index (κ3) is 1.55. The van der Waals surface area contributed by atoms with Gasteiger partial charge in [-0.3, -0.25) is 0 Å². The van der Waals surface area contributed by atoms with Crippen LogP contribution in [-0.4, -0.2) is 4.98 Å². The minimum atomic E-state index is -0.914. The molecule has 0 aliphatic rings. The van der Waals surface area contributed by atoms with Gasteiger partial charge < -0.3 is 5.43 Å². The Bertz CT molecular complexity index is 279. The van der Waals surface area contributed by atoms with Gasteiger partial charge in [-0.15, -0.1) is 0 Å². The minimum Gasteiger partial charge on any atom is -0.306 e. The van der Waals surface area contributed by atoms with Crippen LogP contribution in [0.4, 0.5) is 14.6 Å². The number of nitrogens with two attached hydrogens (primary N) is 1. The van der Waals surface area contributed by atoms with E-state index in [1.54, 1.807) is 0 Å². The van der Waals surface area contributed by atoms with E-state index in [9.17, 15) is 8.78 Å². The molecule has 0 radical (unpaired) electrons. The predicted octanol–water partition coefficient (Wildman–Crippen LogP) is 1.30. The Morgan fingerprint density at radius 2 is 2.09 bits per heavy atom. The van der Waals surface area contributed by atoms with Crippen LogP contribution >= 0.6 is 11.6 Å². The van der Waals surface area contributed by atoms with Gasteiger partial charge >= 0.3 is 0 Å². The lowest BCUT2D eigenvalue weighted by molar-refractivity contribution is 0.576. The Labute approximate surface area is 66.1 Å². The molecule has 1 heterocycles. The predicted molar refractivity (Wildman–Crippen MR) is 37.0 cm³/mol. The third-order valence-electron chi connectivity index (χ3n) is 1.02. The molecule has 0 spiro atoms. The molecule has 0 bridgehead atoms. The molecule has 3 N–H and O–H groups in total. The Morgan fingerprint density at radius 3 is 2.64 bits per heavy atom. The Morgan fingerprint density at radius 1 is 1.45 bits per heavy atom. The second-order valence-corrected chi connectivity index (χ2v) is 2.09. The van der Waals surface area contributed by atoms with Gasteiger partial charge in [-0.2, -0.15) is 0 Å². The van der Waals surface area contributed by atoms with Gasteiger partial charge in [-0.05, 0) is 0 Å². The number of anilines is 1. The van der Waals surface area contributed by atoms with Crippen molar-refractivity contribution in [2.45, 2.75) is 0 Å². The quantitative estimate of drug-likeness (QED) is 0.388. The van der Waals surface area contributed by atoms with E-state index in [-0.39, 0.29) is 5.82 Å². The summed E-state index contributed by atoms with van der Waals surface area (Å²) in [4.78, 5) is 3.27. The molecule has 0 atom stereocenters. The number of nitrogen functional groups attached to an aromatic ring is 1. The van der Waals surface area contributed by atoms with Crippen LogP contribution in [0.3, 0.4) is 0 Å². The van der Waals surface area contributed by atoms with Crippen LogP contribution in [0.15, 0.2) is 6.07 Å². The summed E-state index contributed by atoms with van der Waals surface area (Å²) in [5.41, 5.74) is 1.93. The van der Waals surface area contributed by atoms with Crippen LogP contribution in [0, 0.1) is 11.6 Å². The van der Waals surface area contributed by atoms with Crippen LogP contribution in [-0.2, 0) is 0 Å². The lowest BCUT2D eigenvalue weighted by Gasteiger charge is -2.00. The van der Waals surface area contributed by atoms with Crippen molar-refractivity contribution in [3.05, 3.63) is 22.9 Å². The number of rotatable bonds is 1. The van der Waals surface area contributed by atoms with Crippen molar-refractivity contribution in [1.82, 2.24) is 4.98 Å². The maximum absolute atomic E-state index is 12.5. The van der Waals surface area contributed by atoms with E-state index in [1.807, 2.05) is 5.43 Å². The summed E-state index contributed by atoms with van der Waals surface area (Å²) >= 11 is 5.22. The van der Waals surface area contributed by atoms with Crippen LogP contribution < -0.4 is 11.3 Å². The third-order valence-corrected chi connectivity index (χ3v) is 1.29. The van der Waals surface area contributed by atoms with Crippen molar-refractivity contribution < 1.29 is 8.78 Å². The van der Waals surface area contributed by atoms with Crippen molar-refractivity contribution in [3.63, 3.8) is 0 Å². The largest absolute Gasteiger partial charge is 0.306 e. The first-order valence-electron chi connectivity index (χ1n) is 2.63. The van der Waals surface area contributed by atoms with Crippen molar-refractivity contribution in [2.24, 2.45) is 5.84 Å². The summed E-state index contributed by atoms with van der Waals surface area (Å²) in [6, 6.07) is 0.602. The summed E-state index contributed by atoms with van der Waals surface area (Å²) in [5, 5.41) is -0.417. The van der Waals surface area contributed by atoms with Crippen LogP contribution in [0.5, 0.6) is 0 Å². The molecule has 0 fully saturated rings. The Balaban J connectivity index is 3.21. The molecule has 0 aliphatic heterocycles. The number of hydrogen-bond acceptors (Lipinski definition) is 3. The summed E-state index contributed by atoms with van der Waals surface area (Å²) in [5.74, 6) is 2.76. The van der Waals surface area contributed by atoms with Gasteiger partial charge in [0.1, 0.15) is 0 Å². The SMILES string of the molecule is NNc1nc(Cl)c(F)cc1F. The average Bonchev–Trinajstić information content (AvgIpc) is 1.97. The zero-order valence-corrected chi connectivity index (χ0v) is 5.99. The fraction of sp³-hybridized carbons (Fsp3) is 0. The number of nitrogens with one attached hydrogen (secondary N) is 1. The van der Waals surface area contributed by atoms with Gasteiger partial charge in [-0.1, -0.05) is 11.6 Å². The topological polar surface area (TPSA) is 50.9 Å². The summed E-state index contributed by atoms with van der Waals surface area (Å²) in [6.45, 7) is 0. The highest BCUT2D eigenvalue weighted by Gasteiger charge is 2.08. The van der Waals surface area contributed by atoms with Crippen LogP contribution in [0.2, 0.25) is 5.15 Å². The molecule has 0 unspecified atom stereocenters. The van der Waals surface area contributed by atoms with E-state index in [2.05, 4.69) is 4.98 Å². The zero-order valence-electron chi connectivity index (χ0n) is 5.24. The molecule has 1 rings (SSSR count). The molecule has 1 aromatic heterocycles. The smallest absolute Gasteiger partial charge is 0.178 e. The van der Waals surface area contributed by atoms with Crippen molar-refractivity contribution in [2.75, 3.05) is 5.43 Å². The van der Waals surface area contributed by atoms with Gasteiger partial charge in [0.25, 0.3) is 0 Å². The summed E-state index contributed by atoms with van der Waals surface area (Å²) in [6.07, 6.45) is 0. The van der Waals surface area contributed by atoms with Crippen LogP contribution in [0.1, 0.15) is 0 Å². The van der Waals surface area contributed by atoms with E-state index < -0.39 is 16.8 Å². The molecule has 0 amide bonds. The Hall–Kier alpha value is -0.940. The van der Waals surface area contributed by atoms with Crippen LogP contribution in [0.25, 0.3) is 0 Å². The number of hydrazine groups is 1. The first-order chi connectivity index (χ1) is 5.15. The van der Waals surface area contributed by atoms with Gasteiger partial charge in [0.05, 0.1) is 0 Å². The molecule has 0 aliphatic carbocycles. The highest BCUT2D eigenvalue weighted by molar-refractivity contribution is 6.29. The Kier molecular flexibility index (Phi) is 2.21. The van der Waals surface area contributed by atoms with Crippen molar-refractivity contribution in [3.8, 4) is 0 Å². The van der Waals surface area contributed by atoms with Gasteiger partial charge in [0, 0.05) is 6.07 Å². The minimum absolute atomic E-state index is 0.281. The molecule has 0 saturated heterocycles. The maximum Gasteiger partial charge on any atom is 0.178 e. The lowest BCUT2D eigenvalue weighted by atomic mass is 10.4. The van der Waals surface area contributed by atoms with Gasteiger partial charge in [-0.25, -0.2) is 19.6 Å². The van der Waals surface area contributed by atoms with E-state index in [0.29, 0.717) is 6.07 Å². The molecule has 3 nitrogen and oxygen atoms in total. The molecule has 6 heteroatoms. The number of halogens is 3. The maximum atomic E-state index is 12.5. The molecule has 0 aromatic carbocycles. The van der Waals surface area contributed by atoms with Crippen molar-refractivity contribution >= 4 is 17.4 Å². The highest BCUT2D eigenvalue weighted by atomic mass is 35.5. The number of pyridine rings is 1. The highest BCUT2D eigenvalue weighted by Crippen LogP contribution is 2.17. The average molecular weight is 180 g/mol. The first-order valence-corrected chi connectivity index (χ1v) is 3.01. The van der Waals surface area contributed by atoms with Crippen molar-refractivity contribution in [1.29, 1.82) is 0 Å². The number of hydrogen-bond donors (Lipinski definition) is 2. The summed E-state index contributed by atoms with van der Waals surface area (Å²) in [7, 11) is 0. The fourth-order valence-corrected chi connectivity index (χ4v) is 0.684. The first kappa shape index (κ1) is 8.16. The molecule has 0 saturated carbocycles. The lowest BCUT2D eigenvalue weighted by Crippen LogP contribution is -2.10. The normalized spacial score (nSPS) is 9.82. The number of aromatic nitrogens is 1. The molecule has 60 valence electrons. The number of nitrogens with zero attached hydrogens (tertiary/aromatic N) is 1. The second kappa shape index (κ2) is 2.98. The fourth-order valence-electron chi connectivity index (χ4n) is 0.545. The zero-order chi connectivity index (χ0) is 8.43. The molecule has 1 aromatic rings. The van der Waals surface area contributed by atoms with E-state index in [1.165, 1.54) is 0 Å². The van der Waals surface area contributed by atoms with Gasteiger partial charge in [0.2, 0.25) is 0 Å². The van der Waals surface area contributed by atoms with E-state index >= 15 is 0 Å². The monoisotopic (exact) mass is 179 g/mol. The summed E-state index contributed by atoms with van der Waals surface area (Å²) < 4.78 is 24.9. The van der Waals surface area contributed by atoms with Gasteiger partial charge in [0.15, 0.2) is 22.6 Å². The molecule has 11 heavy (non-hydrogen) atoms. The molecular formula is C5H4ClF2N3. The van der Waals surface area contributed by atoms with E-state index in [0.717, 1.165) is 0 Å². The second-order valence-electron chi connectivity index (χ2n) is 1.74.